The molecule has 2 saturated heterocycles. The highest BCUT2D eigenvalue weighted by Gasteiger charge is 2.51. The van der Waals surface area contributed by atoms with E-state index in [0.717, 1.165) is 25.0 Å². The van der Waals surface area contributed by atoms with Crippen LogP contribution in [0.2, 0.25) is 0 Å². The summed E-state index contributed by atoms with van der Waals surface area (Å²) in [7, 11) is -0.524. The predicted octanol–water partition coefficient (Wildman–Crippen LogP) is 1.66. The lowest BCUT2D eigenvalue weighted by Gasteiger charge is -2.32. The largest absolute Gasteiger partial charge is 0.494 e. The molecule has 2 aliphatic rings. The number of hydrogen-bond donors (Lipinski definition) is 1. The summed E-state index contributed by atoms with van der Waals surface area (Å²) in [6.45, 7) is 10.3. The van der Waals surface area contributed by atoms with E-state index < -0.39 is 18.3 Å². The van der Waals surface area contributed by atoms with Gasteiger partial charge >= 0.3 is 7.12 Å². The number of hydrogen-bond acceptors (Lipinski definition) is 4. The zero-order valence-electron chi connectivity index (χ0n) is 14.4. The molecule has 1 aromatic rings. The summed E-state index contributed by atoms with van der Waals surface area (Å²) < 4.78 is 26.4. The topological polar surface area (TPSA) is 47.7 Å². The van der Waals surface area contributed by atoms with Crippen LogP contribution in [0.15, 0.2) is 18.2 Å². The average molecular weight is 320 g/mol. The van der Waals surface area contributed by atoms with Crippen molar-refractivity contribution in [2.24, 2.45) is 5.73 Å². The van der Waals surface area contributed by atoms with Crippen molar-refractivity contribution < 1.29 is 13.7 Å². The van der Waals surface area contributed by atoms with E-state index in [9.17, 15) is 4.39 Å². The minimum atomic E-state index is -0.524. The normalized spacial score (nSPS) is 26.9. The van der Waals surface area contributed by atoms with E-state index in [1.807, 2.05) is 39.8 Å². The molecule has 0 aliphatic carbocycles. The Morgan fingerprint density at radius 3 is 2.43 bits per heavy atom. The molecule has 4 nitrogen and oxygen atoms in total. The Morgan fingerprint density at radius 2 is 1.91 bits per heavy atom. The number of nitrogens with two attached hydrogens (primary N) is 1. The highest BCUT2D eigenvalue weighted by molar-refractivity contribution is 6.62. The van der Waals surface area contributed by atoms with Gasteiger partial charge in [0.1, 0.15) is 5.82 Å². The number of benzene rings is 1. The van der Waals surface area contributed by atoms with Crippen molar-refractivity contribution in [1.29, 1.82) is 0 Å². The molecule has 1 aromatic carbocycles. The van der Waals surface area contributed by atoms with Gasteiger partial charge in [-0.3, -0.25) is 4.90 Å². The van der Waals surface area contributed by atoms with Crippen molar-refractivity contribution in [1.82, 2.24) is 4.90 Å². The summed E-state index contributed by atoms with van der Waals surface area (Å²) in [6.07, 6.45) is 0.980. The van der Waals surface area contributed by atoms with Crippen molar-refractivity contribution in [3.05, 3.63) is 29.6 Å². The van der Waals surface area contributed by atoms with Gasteiger partial charge in [0, 0.05) is 31.2 Å². The van der Waals surface area contributed by atoms with E-state index in [0.29, 0.717) is 12.1 Å². The first kappa shape index (κ1) is 16.9. The Hall–Kier alpha value is -0.945. The number of halogens is 1. The molecule has 23 heavy (non-hydrogen) atoms. The van der Waals surface area contributed by atoms with Gasteiger partial charge in [-0.2, -0.15) is 0 Å². The first-order valence-corrected chi connectivity index (χ1v) is 8.30. The SMILES string of the molecule is CC1(C)OB(c2ccc(CN3CCC(N)C3)c(F)c2)OC1(C)C. The van der Waals surface area contributed by atoms with Crippen molar-refractivity contribution >= 4 is 12.6 Å². The Balaban J connectivity index is 1.73. The minimum Gasteiger partial charge on any atom is -0.399 e. The van der Waals surface area contributed by atoms with Gasteiger partial charge in [0.05, 0.1) is 11.2 Å². The summed E-state index contributed by atoms with van der Waals surface area (Å²) in [5.74, 6) is -0.210. The number of rotatable bonds is 3. The van der Waals surface area contributed by atoms with Crippen LogP contribution in [0.1, 0.15) is 39.7 Å². The van der Waals surface area contributed by atoms with E-state index in [-0.39, 0.29) is 11.9 Å². The van der Waals surface area contributed by atoms with Gasteiger partial charge in [0.15, 0.2) is 0 Å². The fourth-order valence-electron chi connectivity index (χ4n) is 3.06. The monoisotopic (exact) mass is 320 g/mol. The van der Waals surface area contributed by atoms with Crippen molar-refractivity contribution in [2.45, 2.75) is 57.9 Å². The third-order valence-corrected chi connectivity index (χ3v) is 5.31. The fraction of sp³-hybridized carbons (Fsp3) is 0.647. The highest BCUT2D eigenvalue weighted by Crippen LogP contribution is 2.36. The van der Waals surface area contributed by atoms with E-state index in [4.69, 9.17) is 15.0 Å². The molecule has 6 heteroatoms. The second-order valence-corrected chi connectivity index (χ2v) is 7.72. The molecule has 2 aliphatic heterocycles. The smallest absolute Gasteiger partial charge is 0.399 e. The molecular formula is C17H26BFN2O2. The van der Waals surface area contributed by atoms with Gasteiger partial charge in [0.25, 0.3) is 0 Å². The Labute approximate surface area is 138 Å². The van der Waals surface area contributed by atoms with Crippen LogP contribution < -0.4 is 11.2 Å². The summed E-state index contributed by atoms with van der Waals surface area (Å²) in [4.78, 5) is 2.19. The molecule has 126 valence electrons. The van der Waals surface area contributed by atoms with Crippen LogP contribution in [0.4, 0.5) is 4.39 Å². The number of nitrogens with zero attached hydrogens (tertiary/aromatic N) is 1. The molecule has 1 unspecified atom stereocenters. The maximum Gasteiger partial charge on any atom is 0.494 e. The molecule has 2 heterocycles. The van der Waals surface area contributed by atoms with Gasteiger partial charge < -0.3 is 15.0 Å². The molecule has 0 radical (unpaired) electrons. The first-order chi connectivity index (χ1) is 10.7. The maximum atomic E-state index is 14.5. The summed E-state index contributed by atoms with van der Waals surface area (Å²) in [6, 6.07) is 5.48. The third-order valence-electron chi connectivity index (χ3n) is 5.31. The summed E-state index contributed by atoms with van der Waals surface area (Å²) in [5, 5.41) is 0. The molecule has 0 aromatic heterocycles. The zero-order chi connectivity index (χ0) is 16.8. The van der Waals surface area contributed by atoms with Crippen LogP contribution in [0, 0.1) is 5.82 Å². The molecule has 1 atom stereocenters. The molecule has 3 rings (SSSR count). The van der Waals surface area contributed by atoms with E-state index in [2.05, 4.69) is 4.90 Å². The van der Waals surface area contributed by atoms with Crippen LogP contribution >= 0.6 is 0 Å². The highest BCUT2D eigenvalue weighted by atomic mass is 19.1. The number of likely N-dealkylation sites (tertiary alicyclic amines) is 1. The van der Waals surface area contributed by atoms with E-state index >= 15 is 0 Å². The molecule has 0 bridgehead atoms. The van der Waals surface area contributed by atoms with Crippen LogP contribution in [0.25, 0.3) is 0 Å². The van der Waals surface area contributed by atoms with Gasteiger partial charge in [-0.15, -0.1) is 0 Å². The third kappa shape index (κ3) is 3.31. The van der Waals surface area contributed by atoms with Gasteiger partial charge in [-0.05, 0) is 45.6 Å². The second kappa shape index (κ2) is 5.85. The van der Waals surface area contributed by atoms with Crippen LogP contribution in [0.3, 0.4) is 0 Å². The molecule has 0 amide bonds. The van der Waals surface area contributed by atoms with E-state index in [1.165, 1.54) is 6.07 Å². The molecule has 2 fully saturated rings. The van der Waals surface area contributed by atoms with Crippen LogP contribution in [-0.4, -0.2) is 42.4 Å². The van der Waals surface area contributed by atoms with Gasteiger partial charge in [0.2, 0.25) is 0 Å². The second-order valence-electron chi connectivity index (χ2n) is 7.72. The lowest BCUT2D eigenvalue weighted by Crippen LogP contribution is -2.41. The standard InChI is InChI=1S/C17H26BFN2O2/c1-16(2)17(3,4)23-18(22-16)13-6-5-12(15(19)9-13)10-21-8-7-14(20)11-21/h5-6,9,14H,7-8,10-11,20H2,1-4H3. The van der Waals surface area contributed by atoms with Crippen LogP contribution in [-0.2, 0) is 15.9 Å². The van der Waals surface area contributed by atoms with Crippen LogP contribution in [0.5, 0.6) is 0 Å². The van der Waals surface area contributed by atoms with Gasteiger partial charge in [-0.1, -0.05) is 12.1 Å². The predicted molar refractivity (Wildman–Crippen MR) is 90.0 cm³/mol. The fourth-order valence-corrected chi connectivity index (χ4v) is 3.06. The lowest BCUT2D eigenvalue weighted by molar-refractivity contribution is 0.00578. The zero-order valence-corrected chi connectivity index (χ0v) is 14.4. The minimum absolute atomic E-state index is 0.210. The van der Waals surface area contributed by atoms with Crippen molar-refractivity contribution in [2.75, 3.05) is 13.1 Å². The Kier molecular flexibility index (Phi) is 4.30. The van der Waals surface area contributed by atoms with Gasteiger partial charge in [-0.25, -0.2) is 4.39 Å². The van der Waals surface area contributed by atoms with E-state index in [1.54, 1.807) is 0 Å². The first-order valence-electron chi connectivity index (χ1n) is 8.30. The molecular weight excluding hydrogens is 294 g/mol. The quantitative estimate of drug-likeness (QED) is 0.861. The lowest BCUT2D eigenvalue weighted by atomic mass is 9.78. The molecule has 2 N–H and O–H groups in total. The Bertz CT molecular complexity index is 578. The van der Waals surface area contributed by atoms with Crippen molar-refractivity contribution in [3.63, 3.8) is 0 Å². The molecule has 0 saturated carbocycles. The molecule has 0 spiro atoms. The Morgan fingerprint density at radius 1 is 1.26 bits per heavy atom. The summed E-state index contributed by atoms with van der Waals surface area (Å²) in [5.41, 5.74) is 6.49. The summed E-state index contributed by atoms with van der Waals surface area (Å²) >= 11 is 0. The maximum absolute atomic E-state index is 14.5. The average Bonchev–Trinajstić information content (AvgIpc) is 2.93. The van der Waals surface area contributed by atoms with Crippen molar-refractivity contribution in [3.8, 4) is 0 Å².